The second kappa shape index (κ2) is 6.36. The highest BCUT2D eigenvalue weighted by atomic mass is 32.2. The van der Waals surface area contributed by atoms with Crippen molar-refractivity contribution >= 4 is 9.84 Å². The molecule has 0 heterocycles. The molecule has 1 aliphatic carbocycles. The zero-order valence-electron chi connectivity index (χ0n) is 13.2. The van der Waals surface area contributed by atoms with E-state index in [0.29, 0.717) is 11.8 Å². The molecule has 0 saturated heterocycles. The minimum atomic E-state index is -3.26. The summed E-state index contributed by atoms with van der Waals surface area (Å²) in [5, 5.41) is 3.60. The Morgan fingerprint density at radius 2 is 1.95 bits per heavy atom. The largest absolute Gasteiger partial charge is 0.495 e. The first-order chi connectivity index (χ1) is 9.82. The van der Waals surface area contributed by atoms with Crippen molar-refractivity contribution in [2.45, 2.75) is 50.1 Å². The lowest BCUT2D eigenvalue weighted by Gasteiger charge is -2.34. The van der Waals surface area contributed by atoms with E-state index in [4.69, 9.17) is 4.74 Å². The first kappa shape index (κ1) is 16.3. The zero-order chi connectivity index (χ0) is 15.6. The summed E-state index contributed by atoms with van der Waals surface area (Å²) in [5.74, 6) is 1.18. The van der Waals surface area contributed by atoms with E-state index >= 15 is 0 Å². The topological polar surface area (TPSA) is 55.4 Å². The Morgan fingerprint density at radius 1 is 1.29 bits per heavy atom. The van der Waals surface area contributed by atoms with Crippen molar-refractivity contribution in [2.24, 2.45) is 5.92 Å². The maximum atomic E-state index is 11.7. The fourth-order valence-corrected chi connectivity index (χ4v) is 3.65. The monoisotopic (exact) mass is 311 g/mol. The average molecular weight is 311 g/mol. The summed E-state index contributed by atoms with van der Waals surface area (Å²) in [6.07, 6.45) is 5.14. The van der Waals surface area contributed by atoms with E-state index < -0.39 is 9.84 Å². The molecule has 0 aliphatic heterocycles. The number of ether oxygens (including phenoxy) is 1. The first-order valence-corrected chi connectivity index (χ1v) is 9.36. The third-order valence-corrected chi connectivity index (χ3v) is 5.59. The van der Waals surface area contributed by atoms with Crippen LogP contribution in [0.3, 0.4) is 0 Å². The summed E-state index contributed by atoms with van der Waals surface area (Å²) in [5.41, 5.74) is 1.05. The van der Waals surface area contributed by atoms with Gasteiger partial charge in [0.1, 0.15) is 10.6 Å². The van der Waals surface area contributed by atoms with Gasteiger partial charge >= 0.3 is 0 Å². The molecular weight excluding hydrogens is 286 g/mol. The molecule has 1 aromatic rings. The van der Waals surface area contributed by atoms with E-state index in [1.807, 2.05) is 12.1 Å². The van der Waals surface area contributed by atoms with Crippen LogP contribution in [0.1, 0.15) is 44.7 Å². The molecule has 2 atom stereocenters. The van der Waals surface area contributed by atoms with Crippen molar-refractivity contribution in [3.05, 3.63) is 23.8 Å². The van der Waals surface area contributed by atoms with Gasteiger partial charge in [-0.25, -0.2) is 8.42 Å². The number of methoxy groups -OCH3 is 1. The number of rotatable bonds is 6. The van der Waals surface area contributed by atoms with Crippen LogP contribution in [0.25, 0.3) is 0 Å². The van der Waals surface area contributed by atoms with Crippen molar-refractivity contribution in [1.82, 2.24) is 5.32 Å². The summed E-state index contributed by atoms with van der Waals surface area (Å²) in [7, 11) is -1.76. The molecule has 0 aromatic heterocycles. The van der Waals surface area contributed by atoms with Gasteiger partial charge in [0.05, 0.1) is 7.11 Å². The molecule has 1 saturated carbocycles. The molecular formula is C16H25NO3S. The van der Waals surface area contributed by atoms with Crippen LogP contribution in [0.2, 0.25) is 0 Å². The smallest absolute Gasteiger partial charge is 0.179 e. The number of benzene rings is 1. The highest BCUT2D eigenvalue weighted by Gasteiger charge is 2.25. The van der Waals surface area contributed by atoms with Gasteiger partial charge in [-0.15, -0.1) is 0 Å². The van der Waals surface area contributed by atoms with Crippen LogP contribution in [0.15, 0.2) is 23.1 Å². The summed E-state index contributed by atoms with van der Waals surface area (Å²) < 4.78 is 28.7. The Balaban J connectivity index is 2.16. The van der Waals surface area contributed by atoms with E-state index in [-0.39, 0.29) is 10.9 Å². The van der Waals surface area contributed by atoms with Crippen molar-refractivity contribution < 1.29 is 13.2 Å². The molecule has 118 valence electrons. The molecule has 0 radical (unpaired) electrons. The van der Waals surface area contributed by atoms with Crippen LogP contribution in [0.4, 0.5) is 0 Å². The Hall–Kier alpha value is -1.07. The quantitative estimate of drug-likeness (QED) is 0.877. The number of hydrogen-bond donors (Lipinski definition) is 1. The Morgan fingerprint density at radius 3 is 2.43 bits per heavy atom. The van der Waals surface area contributed by atoms with Crippen molar-refractivity contribution in [2.75, 3.05) is 13.4 Å². The fourth-order valence-electron chi connectivity index (χ4n) is 2.83. The van der Waals surface area contributed by atoms with Gasteiger partial charge in [0.15, 0.2) is 9.84 Å². The van der Waals surface area contributed by atoms with Crippen LogP contribution < -0.4 is 10.1 Å². The normalized spacial score (nSPS) is 18.9. The van der Waals surface area contributed by atoms with E-state index in [2.05, 4.69) is 19.2 Å². The average Bonchev–Trinajstić information content (AvgIpc) is 2.34. The molecule has 0 amide bonds. The maximum absolute atomic E-state index is 11.7. The van der Waals surface area contributed by atoms with Gasteiger partial charge in [0, 0.05) is 18.3 Å². The van der Waals surface area contributed by atoms with Gasteiger partial charge in [-0.05, 0) is 50.3 Å². The number of hydrogen-bond acceptors (Lipinski definition) is 4. The second-order valence-electron chi connectivity index (χ2n) is 6.05. The van der Waals surface area contributed by atoms with E-state index in [1.54, 1.807) is 6.07 Å². The summed E-state index contributed by atoms with van der Waals surface area (Å²) in [6, 6.07) is 5.97. The fraction of sp³-hybridized carbons (Fsp3) is 0.625. The van der Waals surface area contributed by atoms with Gasteiger partial charge in [-0.3, -0.25) is 0 Å². The van der Waals surface area contributed by atoms with Gasteiger partial charge in [0.25, 0.3) is 0 Å². The highest BCUT2D eigenvalue weighted by molar-refractivity contribution is 7.90. The summed E-state index contributed by atoms with van der Waals surface area (Å²) >= 11 is 0. The molecule has 21 heavy (non-hydrogen) atoms. The van der Waals surface area contributed by atoms with Crippen molar-refractivity contribution in [3.63, 3.8) is 0 Å². The lowest BCUT2D eigenvalue weighted by Crippen LogP contribution is -2.38. The predicted molar refractivity (Wildman–Crippen MR) is 84.5 cm³/mol. The molecule has 1 aromatic carbocycles. The van der Waals surface area contributed by atoms with Crippen LogP contribution >= 0.6 is 0 Å². The SMILES string of the molecule is COc1cc([C@@H](C)N[C@H](C)C2CCC2)ccc1S(C)(=O)=O. The Bertz CT molecular complexity index is 594. The second-order valence-corrected chi connectivity index (χ2v) is 8.03. The summed E-state index contributed by atoms with van der Waals surface area (Å²) in [4.78, 5) is 0.244. The van der Waals surface area contributed by atoms with Crippen LogP contribution in [-0.2, 0) is 9.84 Å². The Labute approximate surface area is 127 Å². The standard InChI is InChI=1S/C16H25NO3S/c1-11(13-6-5-7-13)17-12(2)14-8-9-16(21(4,18)19)15(10-14)20-3/h8-13,17H,5-7H2,1-4H3/t11-,12-/m1/s1. The maximum Gasteiger partial charge on any atom is 0.179 e. The molecule has 1 fully saturated rings. The molecule has 0 spiro atoms. The molecule has 0 bridgehead atoms. The lowest BCUT2D eigenvalue weighted by atomic mass is 9.80. The molecule has 0 unspecified atom stereocenters. The lowest BCUT2D eigenvalue weighted by molar-refractivity contribution is 0.229. The third kappa shape index (κ3) is 3.77. The molecule has 4 nitrogen and oxygen atoms in total. The predicted octanol–water partition coefficient (Wildman–Crippen LogP) is 2.94. The molecule has 5 heteroatoms. The number of nitrogens with one attached hydrogen (secondary N) is 1. The third-order valence-electron chi connectivity index (χ3n) is 4.46. The van der Waals surface area contributed by atoms with Gasteiger partial charge in [0.2, 0.25) is 0 Å². The zero-order valence-corrected chi connectivity index (χ0v) is 14.0. The molecule has 2 rings (SSSR count). The van der Waals surface area contributed by atoms with Crippen molar-refractivity contribution in [1.29, 1.82) is 0 Å². The van der Waals surface area contributed by atoms with Crippen LogP contribution in [0.5, 0.6) is 5.75 Å². The number of sulfone groups is 1. The Kier molecular flexibility index (Phi) is 4.94. The molecule has 1 N–H and O–H groups in total. The van der Waals surface area contributed by atoms with E-state index in [0.717, 1.165) is 11.5 Å². The van der Waals surface area contributed by atoms with E-state index in [9.17, 15) is 8.42 Å². The van der Waals surface area contributed by atoms with E-state index in [1.165, 1.54) is 32.6 Å². The van der Waals surface area contributed by atoms with Crippen molar-refractivity contribution in [3.8, 4) is 5.75 Å². The first-order valence-electron chi connectivity index (χ1n) is 7.47. The van der Waals surface area contributed by atoms with Crippen LogP contribution in [-0.4, -0.2) is 27.8 Å². The minimum Gasteiger partial charge on any atom is -0.495 e. The summed E-state index contributed by atoms with van der Waals surface area (Å²) in [6.45, 7) is 4.33. The molecule has 1 aliphatic rings. The highest BCUT2D eigenvalue weighted by Crippen LogP contribution is 2.32. The van der Waals surface area contributed by atoms with Gasteiger partial charge < -0.3 is 10.1 Å². The van der Waals surface area contributed by atoms with Gasteiger partial charge in [-0.2, -0.15) is 0 Å². The van der Waals surface area contributed by atoms with Crippen LogP contribution in [0, 0.1) is 5.92 Å². The van der Waals surface area contributed by atoms with Gasteiger partial charge in [-0.1, -0.05) is 12.5 Å². The minimum absolute atomic E-state index is 0.170.